The largest absolute Gasteiger partial charge is 0.411 e. The van der Waals surface area contributed by atoms with E-state index in [0.717, 1.165) is 31.0 Å². The first-order chi connectivity index (χ1) is 11.9. The maximum atomic E-state index is 12.1. The third kappa shape index (κ3) is 6.91. The molecule has 1 atom stereocenters. The SMILES string of the molecule is CCNC(=NCc1cccc(COCC(F)(F)F)c1)N1CC[C@@H](O)C1. The third-order valence-corrected chi connectivity index (χ3v) is 3.74. The smallest absolute Gasteiger partial charge is 0.391 e. The lowest BCUT2D eigenvalue weighted by Crippen LogP contribution is -2.40. The van der Waals surface area contributed by atoms with Crippen LogP contribution in [0.1, 0.15) is 24.5 Å². The van der Waals surface area contributed by atoms with Crippen molar-refractivity contribution in [3.63, 3.8) is 0 Å². The van der Waals surface area contributed by atoms with Gasteiger partial charge >= 0.3 is 6.18 Å². The van der Waals surface area contributed by atoms with Crippen LogP contribution in [0.5, 0.6) is 0 Å². The van der Waals surface area contributed by atoms with Gasteiger partial charge in [-0.05, 0) is 24.5 Å². The number of aliphatic imine (C=N–C) groups is 1. The van der Waals surface area contributed by atoms with Crippen molar-refractivity contribution in [3.05, 3.63) is 35.4 Å². The van der Waals surface area contributed by atoms with Gasteiger partial charge in [-0.1, -0.05) is 24.3 Å². The first-order valence-corrected chi connectivity index (χ1v) is 8.31. The Morgan fingerprint density at radius 2 is 2.16 bits per heavy atom. The molecule has 140 valence electrons. The van der Waals surface area contributed by atoms with Crippen LogP contribution >= 0.6 is 0 Å². The summed E-state index contributed by atoms with van der Waals surface area (Å²) in [6, 6.07) is 7.18. The van der Waals surface area contributed by atoms with Crippen LogP contribution in [0.4, 0.5) is 13.2 Å². The van der Waals surface area contributed by atoms with Crippen LogP contribution in [-0.4, -0.2) is 54.5 Å². The van der Waals surface area contributed by atoms with Crippen LogP contribution in [-0.2, 0) is 17.9 Å². The van der Waals surface area contributed by atoms with E-state index >= 15 is 0 Å². The summed E-state index contributed by atoms with van der Waals surface area (Å²) in [4.78, 5) is 6.56. The quantitative estimate of drug-likeness (QED) is 0.605. The lowest BCUT2D eigenvalue weighted by Gasteiger charge is -2.21. The fraction of sp³-hybridized carbons (Fsp3) is 0.588. The number of hydrogen-bond acceptors (Lipinski definition) is 3. The van der Waals surface area contributed by atoms with Crippen molar-refractivity contribution in [2.75, 3.05) is 26.2 Å². The Morgan fingerprint density at radius 1 is 1.40 bits per heavy atom. The monoisotopic (exact) mass is 359 g/mol. The fourth-order valence-electron chi connectivity index (χ4n) is 2.63. The molecule has 1 aliphatic rings. The number of likely N-dealkylation sites (tertiary alicyclic amines) is 1. The predicted molar refractivity (Wildman–Crippen MR) is 89.2 cm³/mol. The van der Waals surface area contributed by atoms with Crippen LogP contribution in [0.15, 0.2) is 29.3 Å². The minimum Gasteiger partial charge on any atom is -0.391 e. The third-order valence-electron chi connectivity index (χ3n) is 3.74. The molecule has 1 saturated heterocycles. The summed E-state index contributed by atoms with van der Waals surface area (Å²) in [5, 5.41) is 12.9. The molecule has 0 amide bonds. The van der Waals surface area contributed by atoms with Crippen LogP contribution in [0.3, 0.4) is 0 Å². The zero-order valence-corrected chi connectivity index (χ0v) is 14.2. The summed E-state index contributed by atoms with van der Waals surface area (Å²) in [6.07, 6.45) is -3.93. The number of aliphatic hydroxyl groups excluding tert-OH is 1. The minimum atomic E-state index is -4.32. The summed E-state index contributed by atoms with van der Waals surface area (Å²) < 4.78 is 41.1. The van der Waals surface area contributed by atoms with Crippen molar-refractivity contribution in [1.29, 1.82) is 0 Å². The molecule has 0 aliphatic carbocycles. The van der Waals surface area contributed by atoms with Gasteiger partial charge in [0, 0.05) is 19.6 Å². The normalized spacial score (nSPS) is 18.7. The van der Waals surface area contributed by atoms with Gasteiger partial charge in [0.15, 0.2) is 5.96 Å². The molecule has 1 fully saturated rings. The summed E-state index contributed by atoms with van der Waals surface area (Å²) in [7, 11) is 0. The van der Waals surface area contributed by atoms with Gasteiger partial charge in [-0.2, -0.15) is 13.2 Å². The molecule has 0 unspecified atom stereocenters. The van der Waals surface area contributed by atoms with E-state index in [1.807, 2.05) is 17.9 Å². The Kier molecular flexibility index (Phi) is 7.07. The van der Waals surface area contributed by atoms with E-state index in [-0.39, 0.29) is 12.7 Å². The zero-order valence-electron chi connectivity index (χ0n) is 14.2. The van der Waals surface area contributed by atoms with E-state index in [2.05, 4.69) is 15.0 Å². The van der Waals surface area contributed by atoms with Gasteiger partial charge in [0.25, 0.3) is 0 Å². The number of hydrogen-bond donors (Lipinski definition) is 2. The molecular formula is C17H24F3N3O2. The average molecular weight is 359 g/mol. The topological polar surface area (TPSA) is 57.1 Å². The van der Waals surface area contributed by atoms with Crippen molar-refractivity contribution in [3.8, 4) is 0 Å². The summed E-state index contributed by atoms with van der Waals surface area (Å²) in [5.41, 5.74) is 1.57. The molecule has 2 rings (SSSR count). The van der Waals surface area contributed by atoms with E-state index in [1.165, 1.54) is 0 Å². The first-order valence-electron chi connectivity index (χ1n) is 8.31. The molecule has 0 bridgehead atoms. The highest BCUT2D eigenvalue weighted by molar-refractivity contribution is 5.80. The summed E-state index contributed by atoms with van der Waals surface area (Å²) in [5.74, 6) is 0.734. The highest BCUT2D eigenvalue weighted by Gasteiger charge is 2.27. The number of nitrogens with one attached hydrogen (secondary N) is 1. The number of ether oxygens (including phenoxy) is 1. The van der Waals surface area contributed by atoms with Crippen molar-refractivity contribution in [1.82, 2.24) is 10.2 Å². The Balaban J connectivity index is 1.95. The summed E-state index contributed by atoms with van der Waals surface area (Å²) >= 11 is 0. The Bertz CT molecular complexity index is 579. The number of benzene rings is 1. The second kappa shape index (κ2) is 9.05. The van der Waals surface area contributed by atoms with E-state index in [1.54, 1.807) is 18.2 Å². The Hall–Kier alpha value is -1.80. The van der Waals surface area contributed by atoms with E-state index in [9.17, 15) is 18.3 Å². The van der Waals surface area contributed by atoms with Crippen molar-refractivity contribution in [2.24, 2.45) is 4.99 Å². The van der Waals surface area contributed by atoms with Crippen LogP contribution < -0.4 is 5.32 Å². The molecule has 1 aromatic rings. The molecule has 1 heterocycles. The molecule has 0 spiro atoms. The van der Waals surface area contributed by atoms with Gasteiger partial charge in [-0.15, -0.1) is 0 Å². The predicted octanol–water partition coefficient (Wildman–Crippen LogP) is 2.30. The van der Waals surface area contributed by atoms with Gasteiger partial charge in [-0.3, -0.25) is 0 Å². The molecule has 1 aliphatic heterocycles. The average Bonchev–Trinajstić information content (AvgIpc) is 2.97. The maximum Gasteiger partial charge on any atom is 0.411 e. The highest BCUT2D eigenvalue weighted by Crippen LogP contribution is 2.16. The maximum absolute atomic E-state index is 12.1. The molecule has 0 radical (unpaired) electrons. The minimum absolute atomic E-state index is 0.0878. The van der Waals surface area contributed by atoms with E-state index in [4.69, 9.17) is 0 Å². The Morgan fingerprint density at radius 3 is 2.80 bits per heavy atom. The number of rotatable bonds is 6. The number of guanidine groups is 1. The van der Waals surface area contributed by atoms with Gasteiger partial charge in [0.2, 0.25) is 0 Å². The van der Waals surface area contributed by atoms with Crippen molar-refractivity contribution < 1.29 is 23.0 Å². The molecule has 0 aromatic heterocycles. The van der Waals surface area contributed by atoms with Gasteiger partial charge in [-0.25, -0.2) is 4.99 Å². The number of aliphatic hydroxyl groups is 1. The van der Waals surface area contributed by atoms with Crippen LogP contribution in [0.25, 0.3) is 0 Å². The number of β-amino-alcohol motifs (C(OH)–C–C–N with tert-alkyl or cyclic N) is 1. The number of alkyl halides is 3. The first kappa shape index (κ1) is 19.5. The van der Waals surface area contributed by atoms with E-state index in [0.29, 0.717) is 18.7 Å². The molecule has 5 nitrogen and oxygen atoms in total. The number of halogens is 3. The van der Waals surface area contributed by atoms with Crippen molar-refractivity contribution in [2.45, 2.75) is 38.8 Å². The zero-order chi connectivity index (χ0) is 18.3. The Labute approximate surface area is 145 Å². The van der Waals surface area contributed by atoms with Crippen LogP contribution in [0.2, 0.25) is 0 Å². The standard InChI is InChI=1S/C17H24F3N3O2/c1-2-21-16(23-7-6-15(24)10-23)22-9-13-4-3-5-14(8-13)11-25-12-17(18,19)20/h3-5,8,15,24H,2,6-7,9-12H2,1H3,(H,21,22)/t15-/m1/s1. The fourth-order valence-corrected chi connectivity index (χ4v) is 2.63. The van der Waals surface area contributed by atoms with Gasteiger partial charge in [0.1, 0.15) is 6.61 Å². The molecule has 0 saturated carbocycles. The molecule has 8 heteroatoms. The van der Waals surface area contributed by atoms with Crippen LogP contribution in [0, 0.1) is 0 Å². The molecule has 25 heavy (non-hydrogen) atoms. The lowest BCUT2D eigenvalue weighted by atomic mass is 10.1. The van der Waals surface area contributed by atoms with Crippen molar-refractivity contribution >= 4 is 5.96 Å². The summed E-state index contributed by atoms with van der Waals surface area (Å²) in [6.45, 7) is 3.06. The number of nitrogens with zero attached hydrogens (tertiary/aromatic N) is 2. The lowest BCUT2D eigenvalue weighted by molar-refractivity contribution is -0.176. The highest BCUT2D eigenvalue weighted by atomic mass is 19.4. The second-order valence-corrected chi connectivity index (χ2v) is 5.99. The molecule has 2 N–H and O–H groups in total. The van der Waals surface area contributed by atoms with Gasteiger partial charge in [0.05, 0.1) is 19.3 Å². The second-order valence-electron chi connectivity index (χ2n) is 5.99. The van der Waals surface area contributed by atoms with Gasteiger partial charge < -0.3 is 20.1 Å². The molecular weight excluding hydrogens is 335 g/mol. The molecule has 1 aromatic carbocycles. The van der Waals surface area contributed by atoms with E-state index < -0.39 is 12.8 Å².